The van der Waals surface area contributed by atoms with Crippen molar-refractivity contribution in [2.24, 2.45) is 62.1 Å². The van der Waals surface area contributed by atoms with Gasteiger partial charge in [0.1, 0.15) is 6.10 Å². The Bertz CT molecular complexity index is 1190. The van der Waals surface area contributed by atoms with Gasteiger partial charge in [-0.3, -0.25) is 9.59 Å². The number of aliphatic carboxylic acids is 1. The second kappa shape index (κ2) is 12.2. The molecule has 0 aromatic carbocycles. The summed E-state index contributed by atoms with van der Waals surface area (Å²) in [6, 6.07) is 0. The third-order valence-electron chi connectivity index (χ3n) is 16.4. The number of fused-ring (bicyclic) bond motifs is 7. The van der Waals surface area contributed by atoms with Crippen LogP contribution in [0.1, 0.15) is 146 Å². The van der Waals surface area contributed by atoms with Crippen LogP contribution >= 0.6 is 0 Å². The Kier molecular flexibility index (Phi) is 9.53. The molecule has 5 aliphatic rings. The van der Waals surface area contributed by atoms with Gasteiger partial charge >= 0.3 is 11.9 Å². The Hall–Kier alpha value is -1.36. The van der Waals surface area contributed by atoms with Gasteiger partial charge in [-0.15, -0.1) is 0 Å². The largest absolute Gasteiger partial charge is 0.481 e. The SMILES string of the molecule is C=C(C)[C@@H]1CC[C@]2(CCCN(C)CC)CC[C@]3(C)[C@H](CC[C@@H]4[C@@]5(C)CC[C@H](OC(=O)CC(C)(C)C(=O)O)C(C)(C)[C@@H]5CC[C@]43C)[C@@H]12. The molecule has 5 saturated carbocycles. The predicted molar refractivity (Wildman–Crippen MR) is 187 cm³/mol. The fourth-order valence-corrected chi connectivity index (χ4v) is 13.4. The summed E-state index contributed by atoms with van der Waals surface area (Å²) in [5.41, 5.74) is 1.54. The Morgan fingerprint density at radius 1 is 0.913 bits per heavy atom. The second-order valence-electron chi connectivity index (χ2n) is 19.3. The molecule has 0 heterocycles. The Morgan fingerprint density at radius 3 is 2.24 bits per heavy atom. The minimum Gasteiger partial charge on any atom is -0.481 e. The van der Waals surface area contributed by atoms with Crippen LogP contribution in [0.4, 0.5) is 0 Å². The van der Waals surface area contributed by atoms with Crippen LogP contribution in [0.5, 0.6) is 0 Å². The van der Waals surface area contributed by atoms with Gasteiger partial charge in [-0.25, -0.2) is 0 Å². The zero-order valence-electron chi connectivity index (χ0n) is 31.4. The maximum absolute atomic E-state index is 13.0. The summed E-state index contributed by atoms with van der Waals surface area (Å²) in [4.78, 5) is 27.2. The molecule has 10 atom stereocenters. The van der Waals surface area contributed by atoms with Crippen molar-refractivity contribution in [3.05, 3.63) is 12.2 Å². The number of hydrogen-bond donors (Lipinski definition) is 1. The van der Waals surface area contributed by atoms with E-state index in [0.29, 0.717) is 34.0 Å². The smallest absolute Gasteiger partial charge is 0.309 e. The second-order valence-corrected chi connectivity index (χ2v) is 19.3. The number of hydrogen-bond acceptors (Lipinski definition) is 4. The molecule has 0 aromatic heterocycles. The molecule has 0 unspecified atom stereocenters. The number of allylic oxidation sites excluding steroid dienone is 1. The number of rotatable bonds is 10. The number of carbonyl (C=O) groups excluding carboxylic acids is 1. The van der Waals surface area contributed by atoms with Gasteiger partial charge in [0.15, 0.2) is 0 Å². The number of ether oxygens (including phenoxy) is 1. The van der Waals surface area contributed by atoms with Crippen LogP contribution in [0.15, 0.2) is 12.2 Å². The Labute approximate surface area is 282 Å². The number of carbonyl (C=O) groups is 2. The molecule has 5 aliphatic carbocycles. The van der Waals surface area contributed by atoms with Crippen LogP contribution in [0, 0.1) is 62.1 Å². The maximum Gasteiger partial charge on any atom is 0.309 e. The highest BCUT2D eigenvalue weighted by molar-refractivity contribution is 5.81. The van der Waals surface area contributed by atoms with E-state index in [0.717, 1.165) is 31.2 Å². The van der Waals surface area contributed by atoms with Crippen molar-refractivity contribution in [2.45, 2.75) is 152 Å². The average Bonchev–Trinajstić information content (AvgIpc) is 3.34. The molecule has 0 saturated heterocycles. The van der Waals surface area contributed by atoms with E-state index in [2.05, 4.69) is 67.0 Å². The zero-order valence-corrected chi connectivity index (χ0v) is 31.4. The molecule has 0 amide bonds. The molecular weight excluding hydrogens is 570 g/mol. The third-order valence-corrected chi connectivity index (χ3v) is 16.4. The summed E-state index contributed by atoms with van der Waals surface area (Å²) in [7, 11) is 2.27. The Balaban J connectivity index is 1.39. The fraction of sp³-hybridized carbons (Fsp3) is 0.902. The van der Waals surface area contributed by atoms with Gasteiger partial charge in [-0.05, 0) is 169 Å². The van der Waals surface area contributed by atoms with Crippen LogP contribution in [-0.2, 0) is 14.3 Å². The van der Waals surface area contributed by atoms with Crippen molar-refractivity contribution >= 4 is 11.9 Å². The van der Waals surface area contributed by atoms with Gasteiger partial charge in [-0.1, -0.05) is 53.7 Å². The van der Waals surface area contributed by atoms with E-state index in [4.69, 9.17) is 4.74 Å². The zero-order chi connectivity index (χ0) is 34.1. The first-order chi connectivity index (χ1) is 21.3. The quantitative estimate of drug-likeness (QED) is 0.190. The fourth-order valence-electron chi connectivity index (χ4n) is 13.4. The molecule has 5 nitrogen and oxygen atoms in total. The molecule has 5 rings (SSSR count). The van der Waals surface area contributed by atoms with Gasteiger partial charge < -0.3 is 14.7 Å². The number of carboxylic acids is 1. The highest BCUT2D eigenvalue weighted by Crippen LogP contribution is 2.78. The van der Waals surface area contributed by atoms with E-state index in [1.807, 2.05) is 0 Å². The third kappa shape index (κ3) is 5.53. The van der Waals surface area contributed by atoms with E-state index < -0.39 is 11.4 Å². The molecule has 5 heteroatoms. The van der Waals surface area contributed by atoms with Crippen molar-refractivity contribution in [3.63, 3.8) is 0 Å². The molecule has 0 radical (unpaired) electrons. The van der Waals surface area contributed by atoms with Gasteiger partial charge in [-0.2, -0.15) is 0 Å². The van der Waals surface area contributed by atoms with Crippen molar-refractivity contribution in [2.75, 3.05) is 20.1 Å². The van der Waals surface area contributed by atoms with E-state index in [1.54, 1.807) is 13.8 Å². The lowest BCUT2D eigenvalue weighted by atomic mass is 9.32. The van der Waals surface area contributed by atoms with Crippen LogP contribution in [0.3, 0.4) is 0 Å². The van der Waals surface area contributed by atoms with Crippen molar-refractivity contribution < 1.29 is 19.4 Å². The van der Waals surface area contributed by atoms with E-state index in [-0.39, 0.29) is 29.3 Å². The first kappa shape index (κ1) is 35.9. The van der Waals surface area contributed by atoms with E-state index in [1.165, 1.54) is 76.3 Å². The maximum atomic E-state index is 13.0. The first-order valence-corrected chi connectivity index (χ1v) is 19.1. The minimum absolute atomic E-state index is 0.0829. The number of carboxylic acid groups (broad SMARTS) is 1. The summed E-state index contributed by atoms with van der Waals surface area (Å²) in [6.07, 6.45) is 15.1. The molecule has 5 fully saturated rings. The lowest BCUT2D eigenvalue weighted by Gasteiger charge is -2.73. The monoisotopic (exact) mass is 640 g/mol. The van der Waals surface area contributed by atoms with Crippen molar-refractivity contribution in [3.8, 4) is 0 Å². The average molecular weight is 640 g/mol. The van der Waals surface area contributed by atoms with Gasteiger partial charge in [0, 0.05) is 5.41 Å². The Morgan fingerprint density at radius 2 is 1.61 bits per heavy atom. The molecule has 0 aliphatic heterocycles. The number of nitrogens with zero attached hydrogens (tertiary/aromatic N) is 1. The van der Waals surface area contributed by atoms with Crippen molar-refractivity contribution in [1.29, 1.82) is 0 Å². The standard InChI is InChI=1S/C41H69NO4/c1-12-42(11)25-13-19-41-22-16-28(27(2)3)34(41)29-14-15-31-38(8)20-18-32(46-33(43)26-36(4,5)35(44)45)37(6,7)30(38)17-21-40(31,10)39(29,9)23-24-41/h28-32,34H,2,12-26H2,1,3-11H3,(H,44,45)/t28-,29+,30-,31+,32-,34+,38-,39+,40+,41+/m0/s1. The van der Waals surface area contributed by atoms with E-state index >= 15 is 0 Å². The van der Waals surface area contributed by atoms with Crippen molar-refractivity contribution in [1.82, 2.24) is 4.90 Å². The summed E-state index contributed by atoms with van der Waals surface area (Å²) in [5.74, 6) is 2.09. The number of esters is 1. The summed E-state index contributed by atoms with van der Waals surface area (Å²) < 4.78 is 6.19. The molecule has 1 N–H and O–H groups in total. The van der Waals surface area contributed by atoms with Crippen LogP contribution < -0.4 is 0 Å². The predicted octanol–water partition coefficient (Wildman–Crippen LogP) is 9.79. The normalized spacial score (nSPS) is 43.2. The highest BCUT2D eigenvalue weighted by atomic mass is 16.5. The van der Waals surface area contributed by atoms with Gasteiger partial charge in [0.2, 0.25) is 0 Å². The molecule has 46 heavy (non-hydrogen) atoms. The highest BCUT2D eigenvalue weighted by Gasteiger charge is 2.71. The lowest BCUT2D eigenvalue weighted by molar-refractivity contribution is -0.250. The van der Waals surface area contributed by atoms with Crippen LogP contribution in [0.2, 0.25) is 0 Å². The molecule has 0 bridgehead atoms. The lowest BCUT2D eigenvalue weighted by Crippen LogP contribution is -2.66. The molecule has 262 valence electrons. The van der Waals surface area contributed by atoms with Gasteiger partial charge in [0.25, 0.3) is 0 Å². The van der Waals surface area contributed by atoms with Gasteiger partial charge in [0.05, 0.1) is 11.8 Å². The molecule has 0 aromatic rings. The summed E-state index contributed by atoms with van der Waals surface area (Å²) >= 11 is 0. The summed E-state index contributed by atoms with van der Waals surface area (Å²) in [6.45, 7) is 27.5. The first-order valence-electron chi connectivity index (χ1n) is 19.1. The topological polar surface area (TPSA) is 66.8 Å². The molecular formula is C41H69NO4. The minimum atomic E-state index is -1.11. The molecule has 0 spiro atoms. The summed E-state index contributed by atoms with van der Waals surface area (Å²) in [5, 5.41) is 9.58. The van der Waals surface area contributed by atoms with Crippen LogP contribution in [0.25, 0.3) is 0 Å². The van der Waals surface area contributed by atoms with E-state index in [9.17, 15) is 14.7 Å². The van der Waals surface area contributed by atoms with Crippen LogP contribution in [-0.4, -0.2) is 48.2 Å².